The van der Waals surface area contributed by atoms with Gasteiger partial charge in [-0.3, -0.25) is 9.59 Å². The summed E-state index contributed by atoms with van der Waals surface area (Å²) in [6.07, 6.45) is -32.9. The molecule has 31 atom stereocenters. The number of rotatable bonds is 18. The van der Waals surface area contributed by atoms with Gasteiger partial charge in [-0.15, -0.1) is 0 Å². The van der Waals surface area contributed by atoms with E-state index in [1.54, 1.807) is 48.5 Å². The zero-order chi connectivity index (χ0) is 68.9. The molecule has 28 unspecified atom stereocenters. The first kappa shape index (κ1) is 73.2. The zero-order valence-electron chi connectivity index (χ0n) is 55.0. The predicted molar refractivity (Wildman–Crippen MR) is 313 cm³/mol. The van der Waals surface area contributed by atoms with E-state index in [9.17, 15) is 45.0 Å². The maximum absolute atomic E-state index is 13.5. The predicted octanol–water partition coefficient (Wildman–Crippen LogP) is 1.05. The Bertz CT molecular complexity index is 2890. The van der Waals surface area contributed by atoms with Gasteiger partial charge in [0.15, 0.2) is 60.6 Å². The van der Waals surface area contributed by atoms with E-state index >= 15 is 0 Å². The van der Waals surface area contributed by atoms with Crippen LogP contribution in [0.15, 0.2) is 0 Å². The summed E-state index contributed by atoms with van der Waals surface area (Å²) in [6, 6.07) is 0. The molecule has 11 rings (SSSR count). The molecule has 538 valence electrons. The SMILES string of the molecule is COCC1OC(OC2OCC3O[C@]4(OC3C2OC(=O)C(C)C)OC(C)[C@@](O)(C(C)=O)C2OCOC24)C(OC)C(O)C1OC1OC(C)C(OC)C(OC2C[C@@]3(C)OC4(CC(O)C(OC5CC(O)C(OC(=O)c6c(Cl)c(C)c(O)c(Cl)c6OC)C(C)O5)C(C)O4)OC3C(C)O2)C1O. The van der Waals surface area contributed by atoms with Crippen LogP contribution in [0.4, 0.5) is 0 Å². The van der Waals surface area contributed by atoms with Crippen LogP contribution in [0.3, 0.4) is 0 Å². The lowest BCUT2D eigenvalue weighted by atomic mass is 9.81. The molecule has 1 aromatic rings. The quantitative estimate of drug-likeness (QED) is 0.112. The molecule has 2 spiro atoms. The molecule has 10 heterocycles. The fraction of sp³-hybridized carbons (Fsp3) is 0.852. The van der Waals surface area contributed by atoms with Crippen molar-refractivity contribution in [3.05, 3.63) is 21.2 Å². The Morgan fingerprint density at radius 1 is 0.653 bits per heavy atom. The minimum absolute atomic E-state index is 0.00220. The van der Waals surface area contributed by atoms with Gasteiger partial charge in [-0.05, 0) is 55.4 Å². The molecule has 0 bridgehead atoms. The smallest absolute Gasteiger partial charge is 0.344 e. The molecule has 10 saturated heterocycles. The van der Waals surface area contributed by atoms with Gasteiger partial charge >= 0.3 is 17.9 Å². The van der Waals surface area contributed by atoms with Gasteiger partial charge in [0.2, 0.25) is 6.29 Å². The van der Waals surface area contributed by atoms with Gasteiger partial charge in [0.05, 0.1) is 80.4 Å². The molecule has 10 aliphatic heterocycles. The largest absolute Gasteiger partial charge is 0.506 e. The minimum Gasteiger partial charge on any atom is -0.506 e. The van der Waals surface area contributed by atoms with E-state index in [-0.39, 0.29) is 71.9 Å². The Kier molecular flexibility index (Phi) is 21.9. The maximum atomic E-state index is 13.5. The molecule has 32 nitrogen and oxygen atoms in total. The number of aromatic hydroxyl groups is 1. The van der Waals surface area contributed by atoms with Crippen molar-refractivity contribution in [3.8, 4) is 11.5 Å². The fourth-order valence-corrected chi connectivity index (χ4v) is 15.1. The van der Waals surface area contributed by atoms with Crippen molar-refractivity contribution in [1.29, 1.82) is 0 Å². The molecular weight excluding hydrogens is 1320 g/mol. The number of carbonyl (C=O) groups excluding carboxylic acids is 3. The number of phenols is 1. The van der Waals surface area contributed by atoms with Crippen molar-refractivity contribution in [2.45, 2.75) is 277 Å². The number of ether oxygens (including phenoxy) is 23. The van der Waals surface area contributed by atoms with Gasteiger partial charge in [-0.1, -0.05) is 37.0 Å². The van der Waals surface area contributed by atoms with E-state index in [1.165, 1.54) is 49.2 Å². The Hall–Kier alpha value is -2.99. The van der Waals surface area contributed by atoms with Crippen LogP contribution in [0.2, 0.25) is 10.0 Å². The van der Waals surface area contributed by atoms with Crippen LogP contribution in [0.5, 0.6) is 11.5 Å². The van der Waals surface area contributed by atoms with Crippen LogP contribution in [-0.4, -0.2) is 286 Å². The van der Waals surface area contributed by atoms with Crippen LogP contribution in [-0.2, 0) is 114 Å². The van der Waals surface area contributed by atoms with Crippen LogP contribution < -0.4 is 4.74 Å². The monoisotopic (exact) mass is 1400 g/mol. The number of hydrogen-bond donors (Lipinski definition) is 6. The summed E-state index contributed by atoms with van der Waals surface area (Å²) in [5.41, 5.74) is -3.47. The second kappa shape index (κ2) is 28.4. The number of methoxy groups -OCH3 is 4. The molecule has 34 heteroatoms. The minimum atomic E-state index is -2.13. The molecule has 10 fully saturated rings. The molecule has 10 aliphatic rings. The van der Waals surface area contributed by atoms with Crippen molar-refractivity contribution < 1.29 is 154 Å². The molecule has 95 heavy (non-hydrogen) atoms. The summed E-state index contributed by atoms with van der Waals surface area (Å²) in [7, 11) is 5.34. The van der Waals surface area contributed by atoms with E-state index < -0.39 is 213 Å². The van der Waals surface area contributed by atoms with Crippen molar-refractivity contribution in [2.75, 3.05) is 48.4 Å². The van der Waals surface area contributed by atoms with Gasteiger partial charge in [0.25, 0.3) is 5.97 Å². The molecule has 0 aromatic heterocycles. The third-order valence-corrected chi connectivity index (χ3v) is 20.2. The number of phenolic OH excluding ortho intramolecular Hbond substituents is 1. The Morgan fingerprint density at radius 3 is 1.99 bits per heavy atom. The second-order valence-corrected chi connectivity index (χ2v) is 27.0. The number of halogens is 2. The summed E-state index contributed by atoms with van der Waals surface area (Å²) in [4.78, 5) is 39.8. The highest BCUT2D eigenvalue weighted by Gasteiger charge is 2.73. The van der Waals surface area contributed by atoms with E-state index in [2.05, 4.69) is 0 Å². The van der Waals surface area contributed by atoms with Crippen LogP contribution in [0, 0.1) is 12.8 Å². The van der Waals surface area contributed by atoms with E-state index in [0.29, 0.717) is 0 Å². The Labute approximate surface area is 557 Å². The normalized spacial score (nSPS) is 47.3. The highest BCUT2D eigenvalue weighted by atomic mass is 35.5. The van der Waals surface area contributed by atoms with Crippen LogP contribution >= 0.6 is 23.2 Å². The number of hydrogen-bond acceptors (Lipinski definition) is 32. The van der Waals surface area contributed by atoms with Gasteiger partial charge in [-0.2, -0.15) is 0 Å². The zero-order valence-corrected chi connectivity index (χ0v) is 56.5. The van der Waals surface area contributed by atoms with Crippen molar-refractivity contribution in [1.82, 2.24) is 0 Å². The second-order valence-electron chi connectivity index (χ2n) is 26.2. The van der Waals surface area contributed by atoms with Crippen molar-refractivity contribution in [2.24, 2.45) is 5.92 Å². The first-order valence-electron chi connectivity index (χ1n) is 31.7. The van der Waals surface area contributed by atoms with Gasteiger partial charge in [0.1, 0.15) is 102 Å². The lowest BCUT2D eigenvalue weighted by Gasteiger charge is -2.49. The first-order valence-corrected chi connectivity index (χ1v) is 32.5. The maximum Gasteiger partial charge on any atom is 0.344 e. The summed E-state index contributed by atoms with van der Waals surface area (Å²) in [6.45, 7) is 15.0. The topological polar surface area (TPSA) is 385 Å². The molecule has 6 N–H and O–H groups in total. The standard InChI is InChI=1S/C61H88Cl2O32/c1-21(2)53(70)87-49-45-32(92-61(93-45)52-51(78-20-79-52)60(72,27(8)64)28(9)91-61)19-77-56(49)89-57-48(76-14)39(68)44(31(83-57)18-73-11)88-55-40(69)47(43(74-12)24(5)82-55)85-34-17-58(10)50(26(7)81-34)94-59(95-58)16-30(66)42(25(6)90-59)84-33-15-29(65)41(23(4)80-33)86-54(71)35-36(62)22(3)38(67)37(63)46(35)75-13/h21,23-26,28-34,39-45,47-52,55-57,65-69,72H,15-20H2,1-14H3/t23?,24?,25?,26?,28?,29?,30?,31?,32?,33?,34?,39?,40?,41?,42?,43?,44?,45?,47?,48?,49?,50?,51?,52?,55?,56?,57?,58-,59?,60+,61-/m1/s1. The van der Waals surface area contributed by atoms with Gasteiger partial charge in [0, 0.05) is 39.7 Å². The summed E-state index contributed by atoms with van der Waals surface area (Å²) < 4.78 is 142. The first-order chi connectivity index (χ1) is 44.9. The molecule has 1 aromatic carbocycles. The lowest BCUT2D eigenvalue weighted by Crippen LogP contribution is -2.72. The number of ketones is 1. The number of carbonyl (C=O) groups is 3. The van der Waals surface area contributed by atoms with E-state index in [1.807, 2.05) is 0 Å². The van der Waals surface area contributed by atoms with E-state index in [4.69, 9.17) is 132 Å². The highest BCUT2D eigenvalue weighted by molar-refractivity contribution is 6.38. The van der Waals surface area contributed by atoms with Gasteiger partial charge in [-0.25, -0.2) is 4.79 Å². The molecule has 0 amide bonds. The number of esters is 2. The summed E-state index contributed by atoms with van der Waals surface area (Å²) in [5, 5.41) is 69.2. The number of aliphatic hydroxyl groups is 5. The Morgan fingerprint density at radius 2 is 1.34 bits per heavy atom. The van der Waals surface area contributed by atoms with Crippen molar-refractivity contribution >= 4 is 40.9 Å². The summed E-state index contributed by atoms with van der Waals surface area (Å²) in [5.74, 6) is -7.41. The number of Topliss-reactive ketones (excluding diaryl/α,β-unsaturated/α-hetero) is 1. The summed E-state index contributed by atoms with van der Waals surface area (Å²) >= 11 is 12.7. The van der Waals surface area contributed by atoms with Crippen LogP contribution in [0.25, 0.3) is 0 Å². The van der Waals surface area contributed by atoms with Crippen molar-refractivity contribution in [3.63, 3.8) is 0 Å². The average molecular weight is 1400 g/mol. The average Bonchev–Trinajstić information content (AvgIpc) is 1.59. The molecule has 0 radical (unpaired) electrons. The molecule has 0 aliphatic carbocycles. The molecule has 0 saturated carbocycles. The lowest BCUT2D eigenvalue weighted by molar-refractivity contribution is -0.428. The number of fused-ring (bicyclic) bond motifs is 4. The third kappa shape index (κ3) is 13.4. The number of benzene rings is 1. The number of aliphatic hydroxyl groups excluding tert-OH is 4. The molecular formula is C61H88Cl2O32. The van der Waals surface area contributed by atoms with Gasteiger partial charge < -0.3 is 140 Å². The third-order valence-electron chi connectivity index (χ3n) is 19.4. The van der Waals surface area contributed by atoms with E-state index in [0.717, 1.165) is 0 Å². The highest BCUT2D eigenvalue weighted by Crippen LogP contribution is 2.53. The van der Waals surface area contributed by atoms with Crippen LogP contribution in [0.1, 0.15) is 97.5 Å². The Balaban J connectivity index is 0.722. The fourth-order valence-electron chi connectivity index (χ4n) is 14.5.